The summed E-state index contributed by atoms with van der Waals surface area (Å²) in [6.07, 6.45) is 0. The number of ether oxygens (including phenoxy) is 2. The van der Waals surface area contributed by atoms with Crippen molar-refractivity contribution in [3.05, 3.63) is 24.3 Å². The molecule has 0 saturated carbocycles. The Bertz CT molecular complexity index is 833. The van der Waals surface area contributed by atoms with Gasteiger partial charge in [-0.25, -0.2) is 16.8 Å². The lowest BCUT2D eigenvalue weighted by Gasteiger charge is -2.27. The first-order chi connectivity index (χ1) is 12.8. The second-order valence-corrected chi connectivity index (χ2v) is 11.2. The van der Waals surface area contributed by atoms with E-state index in [1.54, 1.807) is 12.1 Å². The van der Waals surface area contributed by atoms with Crippen molar-refractivity contribution < 1.29 is 26.3 Å². The normalized spacial score (nSPS) is 26.1. The SMILES string of the molecule is COc1ccc(S(=O)(=O)[C@H]2CS(=O)(=O)C[C@@H]2NCCN2CCOCC2)cc1. The number of hydrogen-bond acceptors (Lipinski definition) is 8. The summed E-state index contributed by atoms with van der Waals surface area (Å²) >= 11 is 0. The van der Waals surface area contributed by atoms with Gasteiger partial charge < -0.3 is 14.8 Å². The first-order valence-corrected chi connectivity index (χ1v) is 12.3. The van der Waals surface area contributed by atoms with Crippen LogP contribution in [0, 0.1) is 0 Å². The molecule has 10 heteroatoms. The maximum absolute atomic E-state index is 13.0. The first-order valence-electron chi connectivity index (χ1n) is 8.94. The van der Waals surface area contributed by atoms with Crippen molar-refractivity contribution in [3.8, 4) is 5.75 Å². The zero-order chi connectivity index (χ0) is 19.5. The highest BCUT2D eigenvalue weighted by Gasteiger charge is 2.45. The monoisotopic (exact) mass is 418 g/mol. The Labute approximate surface area is 160 Å². The summed E-state index contributed by atoms with van der Waals surface area (Å²) in [5, 5.41) is 2.18. The van der Waals surface area contributed by atoms with Crippen molar-refractivity contribution in [2.45, 2.75) is 16.2 Å². The molecule has 1 N–H and O–H groups in total. The molecule has 2 fully saturated rings. The van der Waals surface area contributed by atoms with E-state index >= 15 is 0 Å². The lowest BCUT2D eigenvalue weighted by atomic mass is 10.2. The van der Waals surface area contributed by atoms with E-state index in [-0.39, 0.29) is 16.4 Å². The number of nitrogens with zero attached hydrogens (tertiary/aromatic N) is 1. The highest BCUT2D eigenvalue weighted by atomic mass is 32.2. The molecule has 2 aliphatic heterocycles. The topological polar surface area (TPSA) is 102 Å². The van der Waals surface area contributed by atoms with Crippen molar-refractivity contribution in [1.29, 1.82) is 0 Å². The van der Waals surface area contributed by atoms with Crippen LogP contribution >= 0.6 is 0 Å². The molecule has 2 heterocycles. The smallest absolute Gasteiger partial charge is 0.183 e. The summed E-state index contributed by atoms with van der Waals surface area (Å²) in [6.45, 7) is 4.30. The minimum absolute atomic E-state index is 0.116. The van der Waals surface area contributed by atoms with Crippen LogP contribution in [0.2, 0.25) is 0 Å². The van der Waals surface area contributed by atoms with Crippen LogP contribution in [0.15, 0.2) is 29.2 Å². The fraction of sp³-hybridized carbons (Fsp3) is 0.647. The summed E-state index contributed by atoms with van der Waals surface area (Å²) in [5.41, 5.74) is 0. The Morgan fingerprint density at radius 2 is 1.85 bits per heavy atom. The molecule has 0 aromatic heterocycles. The molecule has 2 aliphatic rings. The summed E-state index contributed by atoms with van der Waals surface area (Å²) in [6, 6.07) is 5.45. The van der Waals surface area contributed by atoms with Gasteiger partial charge in [0, 0.05) is 32.2 Å². The van der Waals surface area contributed by atoms with E-state index < -0.39 is 31.0 Å². The third-order valence-corrected chi connectivity index (χ3v) is 9.19. The third kappa shape index (κ3) is 5.00. The van der Waals surface area contributed by atoms with Crippen LogP contribution in [0.4, 0.5) is 0 Å². The predicted octanol–water partition coefficient (Wildman–Crippen LogP) is -0.444. The standard InChI is InChI=1S/C17H26N2O6S2/c1-24-14-2-4-15(5-3-14)27(22,23)17-13-26(20,21)12-16(17)18-6-7-19-8-10-25-11-9-19/h2-5,16-18H,6-13H2,1H3/t16-,17-/m0/s1. The van der Waals surface area contributed by atoms with Gasteiger partial charge in [-0.1, -0.05) is 0 Å². The molecular weight excluding hydrogens is 392 g/mol. The number of hydrogen-bond donors (Lipinski definition) is 1. The van der Waals surface area contributed by atoms with Crippen LogP contribution in [0.5, 0.6) is 5.75 Å². The summed E-state index contributed by atoms with van der Waals surface area (Å²) in [4.78, 5) is 2.33. The van der Waals surface area contributed by atoms with E-state index in [0.29, 0.717) is 25.5 Å². The van der Waals surface area contributed by atoms with Crippen molar-refractivity contribution in [3.63, 3.8) is 0 Å². The van der Waals surface area contributed by atoms with Crippen LogP contribution < -0.4 is 10.1 Å². The van der Waals surface area contributed by atoms with Crippen molar-refractivity contribution in [1.82, 2.24) is 10.2 Å². The molecule has 0 unspecified atom stereocenters. The Kier molecular flexibility index (Phi) is 6.42. The summed E-state index contributed by atoms with van der Waals surface area (Å²) < 4.78 is 60.7. The molecule has 0 amide bonds. The second kappa shape index (κ2) is 8.44. The highest BCUT2D eigenvalue weighted by molar-refractivity contribution is 7.96. The predicted molar refractivity (Wildman–Crippen MR) is 102 cm³/mol. The number of methoxy groups -OCH3 is 1. The Morgan fingerprint density at radius 1 is 1.19 bits per heavy atom. The zero-order valence-electron chi connectivity index (χ0n) is 15.3. The molecule has 2 saturated heterocycles. The van der Waals surface area contributed by atoms with Crippen LogP contribution in [0.25, 0.3) is 0 Å². The van der Waals surface area contributed by atoms with E-state index in [0.717, 1.165) is 19.6 Å². The molecule has 2 atom stereocenters. The van der Waals surface area contributed by atoms with Gasteiger partial charge in [0.1, 0.15) is 5.75 Å². The summed E-state index contributed by atoms with van der Waals surface area (Å²) in [5.74, 6) is 0.0420. The molecule has 152 valence electrons. The lowest BCUT2D eigenvalue weighted by molar-refractivity contribution is 0.0382. The summed E-state index contributed by atoms with van der Waals surface area (Å²) in [7, 11) is -5.67. The average Bonchev–Trinajstić information content (AvgIpc) is 2.98. The maximum Gasteiger partial charge on any atom is 0.183 e. The first kappa shape index (κ1) is 20.5. The molecule has 8 nitrogen and oxygen atoms in total. The van der Waals surface area contributed by atoms with Crippen molar-refractivity contribution in [2.75, 3.05) is 58.0 Å². The van der Waals surface area contributed by atoms with Gasteiger partial charge in [0.05, 0.1) is 42.0 Å². The average molecular weight is 419 g/mol. The van der Waals surface area contributed by atoms with Crippen LogP contribution in [0.1, 0.15) is 0 Å². The van der Waals surface area contributed by atoms with Crippen molar-refractivity contribution >= 4 is 19.7 Å². The van der Waals surface area contributed by atoms with E-state index in [2.05, 4.69) is 10.2 Å². The Morgan fingerprint density at radius 3 is 2.48 bits per heavy atom. The molecular formula is C17H26N2O6S2. The molecule has 27 heavy (non-hydrogen) atoms. The number of benzene rings is 1. The van der Waals surface area contributed by atoms with Crippen LogP contribution in [-0.4, -0.2) is 91.0 Å². The molecule has 0 aliphatic carbocycles. The van der Waals surface area contributed by atoms with E-state index in [4.69, 9.17) is 9.47 Å². The largest absolute Gasteiger partial charge is 0.497 e. The second-order valence-electron chi connectivity index (χ2n) is 6.85. The number of nitrogens with one attached hydrogen (secondary N) is 1. The molecule has 1 aromatic carbocycles. The maximum atomic E-state index is 13.0. The Hall–Kier alpha value is -1.20. The molecule has 0 spiro atoms. The molecule has 3 rings (SSSR count). The number of rotatable bonds is 7. The minimum atomic E-state index is -3.77. The van der Waals surface area contributed by atoms with Gasteiger partial charge in [-0.15, -0.1) is 0 Å². The van der Waals surface area contributed by atoms with E-state index in [1.165, 1.54) is 19.2 Å². The van der Waals surface area contributed by atoms with E-state index in [1.807, 2.05) is 0 Å². The van der Waals surface area contributed by atoms with Gasteiger partial charge in [-0.05, 0) is 24.3 Å². The third-order valence-electron chi connectivity index (χ3n) is 5.03. The van der Waals surface area contributed by atoms with Gasteiger partial charge in [-0.2, -0.15) is 0 Å². The van der Waals surface area contributed by atoms with Gasteiger partial charge in [0.2, 0.25) is 0 Å². The van der Waals surface area contributed by atoms with Crippen molar-refractivity contribution in [2.24, 2.45) is 0 Å². The molecule has 0 bridgehead atoms. The van der Waals surface area contributed by atoms with Crippen LogP contribution in [0.3, 0.4) is 0 Å². The quantitative estimate of drug-likeness (QED) is 0.636. The van der Waals surface area contributed by atoms with Gasteiger partial charge in [0.15, 0.2) is 19.7 Å². The number of sulfone groups is 2. The van der Waals surface area contributed by atoms with Crippen LogP contribution in [-0.2, 0) is 24.4 Å². The molecule has 0 radical (unpaired) electrons. The minimum Gasteiger partial charge on any atom is -0.497 e. The Balaban J connectivity index is 1.70. The number of morpholine rings is 1. The van der Waals surface area contributed by atoms with Gasteiger partial charge >= 0.3 is 0 Å². The fourth-order valence-corrected chi connectivity index (χ4v) is 8.20. The van der Waals surface area contributed by atoms with Gasteiger partial charge in [-0.3, -0.25) is 4.90 Å². The lowest BCUT2D eigenvalue weighted by Crippen LogP contribution is -2.47. The molecule has 1 aromatic rings. The van der Waals surface area contributed by atoms with Gasteiger partial charge in [0.25, 0.3) is 0 Å². The fourth-order valence-electron chi connectivity index (χ4n) is 3.48. The van der Waals surface area contributed by atoms with E-state index in [9.17, 15) is 16.8 Å². The highest BCUT2D eigenvalue weighted by Crippen LogP contribution is 2.27. The zero-order valence-corrected chi connectivity index (χ0v) is 17.0.